The maximum absolute atomic E-state index is 12.1. The highest BCUT2D eigenvalue weighted by molar-refractivity contribution is 5.93. The van der Waals surface area contributed by atoms with E-state index in [2.05, 4.69) is 5.32 Å². The van der Waals surface area contributed by atoms with Gasteiger partial charge in [-0.3, -0.25) is 9.69 Å². The molecular formula is C15H20N2O4. The molecule has 0 spiro atoms. The number of anilines is 1. The summed E-state index contributed by atoms with van der Waals surface area (Å²) in [5, 5.41) is 11.8. The first kappa shape index (κ1) is 15.5. The van der Waals surface area contributed by atoms with E-state index >= 15 is 0 Å². The predicted molar refractivity (Wildman–Crippen MR) is 78.4 cm³/mol. The zero-order valence-corrected chi connectivity index (χ0v) is 12.3. The normalized spacial score (nSPS) is 19.2. The highest BCUT2D eigenvalue weighted by Gasteiger charge is 2.27. The number of aryl methyl sites for hydroxylation is 2. The number of morpholine rings is 1. The van der Waals surface area contributed by atoms with Gasteiger partial charge in [0.15, 0.2) is 6.10 Å². The summed E-state index contributed by atoms with van der Waals surface area (Å²) >= 11 is 0. The van der Waals surface area contributed by atoms with E-state index in [1.165, 1.54) is 0 Å². The number of carbonyl (C=O) groups excluding carboxylic acids is 1. The molecule has 2 rings (SSSR count). The van der Waals surface area contributed by atoms with E-state index < -0.39 is 12.1 Å². The molecule has 1 amide bonds. The zero-order valence-electron chi connectivity index (χ0n) is 12.3. The summed E-state index contributed by atoms with van der Waals surface area (Å²) < 4.78 is 5.13. The Hall–Kier alpha value is -1.92. The Labute approximate surface area is 123 Å². The molecular weight excluding hydrogens is 272 g/mol. The summed E-state index contributed by atoms with van der Waals surface area (Å²) in [5.41, 5.74) is 2.84. The van der Waals surface area contributed by atoms with Crippen LogP contribution in [0.3, 0.4) is 0 Å². The summed E-state index contributed by atoms with van der Waals surface area (Å²) in [6.07, 6.45) is -0.855. The lowest BCUT2D eigenvalue weighted by atomic mass is 10.1. The molecule has 1 aromatic rings. The van der Waals surface area contributed by atoms with Crippen LogP contribution < -0.4 is 5.32 Å². The number of rotatable bonds is 4. The fourth-order valence-electron chi connectivity index (χ4n) is 2.39. The van der Waals surface area contributed by atoms with E-state index in [0.29, 0.717) is 13.2 Å². The van der Waals surface area contributed by atoms with Crippen molar-refractivity contribution in [3.05, 3.63) is 29.3 Å². The van der Waals surface area contributed by atoms with Gasteiger partial charge in [0.1, 0.15) is 0 Å². The number of nitrogens with one attached hydrogen (secondary N) is 1. The number of benzene rings is 1. The number of ether oxygens (including phenoxy) is 1. The van der Waals surface area contributed by atoms with Crippen LogP contribution >= 0.6 is 0 Å². The predicted octanol–water partition coefficient (Wildman–Crippen LogP) is 1.03. The first-order chi connectivity index (χ1) is 9.97. The van der Waals surface area contributed by atoms with Crippen LogP contribution in [0.25, 0.3) is 0 Å². The van der Waals surface area contributed by atoms with Crippen molar-refractivity contribution in [2.24, 2.45) is 0 Å². The average molecular weight is 292 g/mol. The quantitative estimate of drug-likeness (QED) is 0.866. The van der Waals surface area contributed by atoms with Crippen molar-refractivity contribution in [2.45, 2.75) is 20.0 Å². The number of carboxylic acids is 1. The van der Waals surface area contributed by atoms with Crippen molar-refractivity contribution in [3.63, 3.8) is 0 Å². The summed E-state index contributed by atoms with van der Waals surface area (Å²) in [6.45, 7) is 5.17. The van der Waals surface area contributed by atoms with Crippen LogP contribution in [0.15, 0.2) is 18.2 Å². The summed E-state index contributed by atoms with van der Waals surface area (Å²) in [4.78, 5) is 24.8. The van der Waals surface area contributed by atoms with E-state index in [-0.39, 0.29) is 19.0 Å². The molecule has 114 valence electrons. The van der Waals surface area contributed by atoms with E-state index in [1.54, 1.807) is 4.90 Å². The molecule has 2 N–H and O–H groups in total. The van der Waals surface area contributed by atoms with Gasteiger partial charge in [-0.15, -0.1) is 0 Å². The number of hydrogen-bond donors (Lipinski definition) is 2. The number of hydrogen-bond acceptors (Lipinski definition) is 4. The Morgan fingerprint density at radius 3 is 2.67 bits per heavy atom. The van der Waals surface area contributed by atoms with Crippen LogP contribution in [0, 0.1) is 13.8 Å². The van der Waals surface area contributed by atoms with Gasteiger partial charge in [-0.25, -0.2) is 4.79 Å². The Morgan fingerprint density at radius 1 is 1.38 bits per heavy atom. The van der Waals surface area contributed by atoms with Crippen LogP contribution in [0.5, 0.6) is 0 Å². The summed E-state index contributed by atoms with van der Waals surface area (Å²) in [7, 11) is 0. The molecule has 0 aliphatic carbocycles. The van der Waals surface area contributed by atoms with Gasteiger partial charge in [0.25, 0.3) is 0 Å². The second kappa shape index (κ2) is 6.69. The molecule has 1 fully saturated rings. The molecule has 1 saturated heterocycles. The third kappa shape index (κ3) is 4.03. The zero-order chi connectivity index (χ0) is 15.4. The van der Waals surface area contributed by atoms with Crippen LogP contribution in [-0.4, -0.2) is 54.2 Å². The molecule has 1 aliphatic rings. The van der Waals surface area contributed by atoms with Crippen molar-refractivity contribution in [1.29, 1.82) is 0 Å². The Bertz CT molecular complexity index is 524. The van der Waals surface area contributed by atoms with Gasteiger partial charge in [0, 0.05) is 18.8 Å². The van der Waals surface area contributed by atoms with E-state index in [1.807, 2.05) is 32.0 Å². The minimum absolute atomic E-state index is 0.140. The minimum atomic E-state index is -0.991. The van der Waals surface area contributed by atoms with Crippen molar-refractivity contribution in [1.82, 2.24) is 4.90 Å². The summed E-state index contributed by atoms with van der Waals surface area (Å²) in [5.74, 6) is -1.13. The highest BCUT2D eigenvalue weighted by Crippen LogP contribution is 2.19. The molecule has 1 aromatic carbocycles. The van der Waals surface area contributed by atoms with Crippen molar-refractivity contribution in [2.75, 3.05) is 31.6 Å². The molecule has 21 heavy (non-hydrogen) atoms. The van der Waals surface area contributed by atoms with Gasteiger partial charge in [0.2, 0.25) is 5.91 Å². The maximum Gasteiger partial charge on any atom is 0.334 e. The standard InChI is InChI=1S/C15H20N2O4/c1-10-4-3-5-11(2)14(10)16-13(18)9-17-6-7-21-12(8-17)15(19)20/h3-5,12H,6-9H2,1-2H3,(H,16,18)(H,19,20). The Kier molecular flexibility index (Phi) is 4.93. The fraction of sp³-hybridized carbons (Fsp3) is 0.467. The molecule has 1 atom stereocenters. The third-order valence-electron chi connectivity index (χ3n) is 3.54. The number of para-hydroxylation sites is 1. The lowest BCUT2D eigenvalue weighted by molar-refractivity contribution is -0.156. The Morgan fingerprint density at radius 2 is 2.05 bits per heavy atom. The van der Waals surface area contributed by atoms with Crippen LogP contribution in [0.4, 0.5) is 5.69 Å². The van der Waals surface area contributed by atoms with Crippen molar-refractivity contribution < 1.29 is 19.4 Å². The van der Waals surface area contributed by atoms with Gasteiger partial charge in [-0.05, 0) is 25.0 Å². The fourth-order valence-corrected chi connectivity index (χ4v) is 2.39. The van der Waals surface area contributed by atoms with Crippen LogP contribution in [0.2, 0.25) is 0 Å². The van der Waals surface area contributed by atoms with Crippen molar-refractivity contribution >= 4 is 17.6 Å². The molecule has 6 nitrogen and oxygen atoms in total. The van der Waals surface area contributed by atoms with E-state index in [0.717, 1.165) is 16.8 Å². The Balaban J connectivity index is 1.94. The molecule has 0 radical (unpaired) electrons. The van der Waals surface area contributed by atoms with Crippen LogP contribution in [0.1, 0.15) is 11.1 Å². The molecule has 0 aromatic heterocycles. The van der Waals surface area contributed by atoms with Crippen LogP contribution in [-0.2, 0) is 14.3 Å². The van der Waals surface area contributed by atoms with E-state index in [9.17, 15) is 9.59 Å². The largest absolute Gasteiger partial charge is 0.479 e. The topological polar surface area (TPSA) is 78.9 Å². The van der Waals surface area contributed by atoms with Gasteiger partial charge in [-0.2, -0.15) is 0 Å². The number of nitrogens with zero attached hydrogens (tertiary/aromatic N) is 1. The highest BCUT2D eigenvalue weighted by atomic mass is 16.5. The molecule has 0 bridgehead atoms. The van der Waals surface area contributed by atoms with Crippen molar-refractivity contribution in [3.8, 4) is 0 Å². The third-order valence-corrected chi connectivity index (χ3v) is 3.54. The summed E-state index contributed by atoms with van der Waals surface area (Å²) in [6, 6.07) is 5.83. The maximum atomic E-state index is 12.1. The van der Waals surface area contributed by atoms with Gasteiger partial charge in [-0.1, -0.05) is 18.2 Å². The smallest absolute Gasteiger partial charge is 0.334 e. The lowest BCUT2D eigenvalue weighted by Gasteiger charge is -2.30. The second-order valence-electron chi connectivity index (χ2n) is 5.25. The average Bonchev–Trinajstić information content (AvgIpc) is 2.43. The van der Waals surface area contributed by atoms with Gasteiger partial charge < -0.3 is 15.2 Å². The molecule has 6 heteroatoms. The SMILES string of the molecule is Cc1cccc(C)c1NC(=O)CN1CCOC(C(=O)O)C1. The van der Waals surface area contributed by atoms with Gasteiger partial charge in [0.05, 0.1) is 13.2 Å². The van der Waals surface area contributed by atoms with E-state index in [4.69, 9.17) is 9.84 Å². The number of amides is 1. The van der Waals surface area contributed by atoms with Gasteiger partial charge >= 0.3 is 5.97 Å². The molecule has 0 saturated carbocycles. The molecule has 1 heterocycles. The monoisotopic (exact) mass is 292 g/mol. The minimum Gasteiger partial charge on any atom is -0.479 e. The number of carboxylic acid groups (broad SMARTS) is 1. The first-order valence-electron chi connectivity index (χ1n) is 6.90. The second-order valence-corrected chi connectivity index (χ2v) is 5.25. The number of aliphatic carboxylic acids is 1. The molecule has 1 unspecified atom stereocenters. The first-order valence-corrected chi connectivity index (χ1v) is 6.90. The number of carbonyl (C=O) groups is 2. The molecule has 1 aliphatic heterocycles. The lowest BCUT2D eigenvalue weighted by Crippen LogP contribution is -2.48.